The number of rotatable bonds is 44. The van der Waals surface area contributed by atoms with E-state index in [-0.39, 0.29) is 57.1 Å². The number of hydrogen-bond donors (Lipinski definition) is 3. The third-order valence-corrected chi connectivity index (χ3v) is 10.9. The first-order valence-electron chi connectivity index (χ1n) is 23.3. The number of halogens is 2. The van der Waals surface area contributed by atoms with Gasteiger partial charge in [0, 0.05) is 25.7 Å². The van der Waals surface area contributed by atoms with E-state index in [2.05, 4.69) is 13.8 Å². The fraction of sp³-hybridized carbons (Fsp3) is 0.909. The van der Waals surface area contributed by atoms with Gasteiger partial charge in [-0.1, -0.05) is 142 Å². The molecular weight excluding hydrogens is 850 g/mol. The number of nitrogens with two attached hydrogens (primary N) is 2. The molecule has 0 fully saturated rings. The smallest absolute Gasteiger partial charge is 0.462 e. The molecule has 0 saturated heterocycles. The second kappa shape index (κ2) is 46.5. The van der Waals surface area contributed by atoms with E-state index in [0.29, 0.717) is 51.6 Å². The monoisotopic (exact) mass is 937 g/mol. The number of ether oxygens (including phenoxy) is 4. The summed E-state index contributed by atoms with van der Waals surface area (Å²) in [7, 11) is -4.81. The van der Waals surface area contributed by atoms with Gasteiger partial charge in [-0.05, 0) is 51.6 Å². The third kappa shape index (κ3) is 44.9. The van der Waals surface area contributed by atoms with E-state index in [9.17, 15) is 28.6 Å². The molecule has 0 aliphatic carbocycles. The largest absolute Gasteiger partial charge is 0.472 e. The van der Waals surface area contributed by atoms with Crippen LogP contribution in [-0.2, 0) is 51.7 Å². The predicted molar refractivity (Wildman–Crippen MR) is 246 cm³/mol. The van der Waals surface area contributed by atoms with Crippen LogP contribution >= 0.6 is 32.6 Å². The van der Waals surface area contributed by atoms with Crippen LogP contribution in [0.5, 0.6) is 0 Å². The molecule has 0 aliphatic rings. The van der Waals surface area contributed by atoms with Gasteiger partial charge in [-0.3, -0.25) is 28.2 Å². The van der Waals surface area contributed by atoms with Gasteiger partial charge < -0.3 is 35.3 Å². The summed E-state index contributed by atoms with van der Waals surface area (Å²) >= 11 is 0. The fourth-order valence-electron chi connectivity index (χ4n) is 6.32. The number of hydrogen-bond acceptors (Lipinski definition) is 13. The maximum absolute atomic E-state index is 13.0. The lowest BCUT2D eigenvalue weighted by atomic mass is 10.1. The number of carbonyl (C=O) groups is 4. The molecule has 2 unspecified atom stereocenters. The molecule has 0 amide bonds. The predicted octanol–water partition coefficient (Wildman–Crippen LogP) is 10.5. The summed E-state index contributed by atoms with van der Waals surface area (Å²) in [6.07, 6.45) is 25.5. The number of phosphoric ester groups is 1. The third-order valence-electron chi connectivity index (χ3n) is 9.94. The first-order chi connectivity index (χ1) is 28.6. The van der Waals surface area contributed by atoms with Gasteiger partial charge in [0.25, 0.3) is 0 Å². The zero-order valence-electron chi connectivity index (χ0n) is 38.0. The zero-order valence-corrected chi connectivity index (χ0v) is 40.5. The standard InChI is InChI=1S/C44H85N2O12P.2ClH/c1-3-5-7-9-11-13-15-17-19-21-23-29-41(47)53-35-39(57-43(49)31-24-22-20-18-16-14-12-10-8-6-4-2)37-55-59(51,52)56-38-40(58-44(50)32-26-28-34-46)36-54-42(48)30-25-27-33-45;;/h39-40H,3-38,45-46H2,1-2H3,(H,51,52);2*1H/t39-,40?;;/m1../s1. The Balaban J connectivity index is -0.0000168. The Hall–Kier alpha value is -1.51. The maximum atomic E-state index is 13.0. The minimum atomic E-state index is -4.81. The van der Waals surface area contributed by atoms with Gasteiger partial charge in [0.2, 0.25) is 0 Å². The molecule has 0 bridgehead atoms. The topological polar surface area (TPSA) is 213 Å². The molecule has 5 N–H and O–H groups in total. The molecule has 0 radical (unpaired) electrons. The van der Waals surface area contributed by atoms with E-state index in [1.165, 1.54) is 89.9 Å². The van der Waals surface area contributed by atoms with Gasteiger partial charge in [0.15, 0.2) is 12.2 Å². The Bertz CT molecular complexity index is 1100. The molecule has 0 heterocycles. The molecule has 0 rings (SSSR count). The molecule has 364 valence electrons. The average Bonchev–Trinajstić information content (AvgIpc) is 3.21. The van der Waals surface area contributed by atoms with E-state index in [0.717, 1.165) is 38.5 Å². The highest BCUT2D eigenvalue weighted by Gasteiger charge is 2.29. The van der Waals surface area contributed by atoms with Gasteiger partial charge in [-0.2, -0.15) is 0 Å². The number of phosphoric acid groups is 1. The molecule has 61 heavy (non-hydrogen) atoms. The summed E-state index contributed by atoms with van der Waals surface area (Å²) in [6, 6.07) is 0. The second-order valence-corrected chi connectivity index (χ2v) is 17.2. The zero-order chi connectivity index (χ0) is 43.7. The van der Waals surface area contributed by atoms with Crippen molar-refractivity contribution >= 4 is 56.5 Å². The van der Waals surface area contributed by atoms with Crippen LogP contribution in [0.15, 0.2) is 0 Å². The summed E-state index contributed by atoms with van der Waals surface area (Å²) < 4.78 is 44.8. The summed E-state index contributed by atoms with van der Waals surface area (Å²) in [5.41, 5.74) is 11.0. The molecule has 0 aromatic rings. The first kappa shape index (κ1) is 63.8. The van der Waals surface area contributed by atoms with Crippen LogP contribution in [0.2, 0.25) is 0 Å². The van der Waals surface area contributed by atoms with E-state index in [1.807, 2.05) is 0 Å². The number of carbonyl (C=O) groups excluding carboxylic acids is 4. The fourth-order valence-corrected chi connectivity index (χ4v) is 7.11. The van der Waals surface area contributed by atoms with Gasteiger partial charge >= 0.3 is 31.7 Å². The van der Waals surface area contributed by atoms with Crippen molar-refractivity contribution in [3.05, 3.63) is 0 Å². The molecule has 17 heteroatoms. The van der Waals surface area contributed by atoms with Crippen molar-refractivity contribution in [3.63, 3.8) is 0 Å². The summed E-state index contributed by atoms with van der Waals surface area (Å²) in [6.45, 7) is 3.29. The summed E-state index contributed by atoms with van der Waals surface area (Å²) in [5.74, 6) is -2.13. The van der Waals surface area contributed by atoms with Gasteiger partial charge in [0.05, 0.1) is 13.2 Å². The molecule has 0 aromatic heterocycles. The van der Waals surface area contributed by atoms with Crippen LogP contribution in [0.4, 0.5) is 0 Å². The Morgan fingerprint density at radius 1 is 0.426 bits per heavy atom. The van der Waals surface area contributed by atoms with Crippen molar-refractivity contribution in [2.24, 2.45) is 11.5 Å². The van der Waals surface area contributed by atoms with E-state index in [4.69, 9.17) is 39.5 Å². The SMILES string of the molecule is CCCCCCCCCCCCCC(=O)OC[C@H](COP(=O)(O)OCC(COC(=O)CCCCN)OC(=O)CCCCN)OC(=O)CCCCCCCCCCCCC.Cl.Cl. The van der Waals surface area contributed by atoms with E-state index >= 15 is 0 Å². The molecule has 0 aliphatic heterocycles. The number of unbranched alkanes of at least 4 members (excludes halogenated alkanes) is 22. The molecule has 0 spiro atoms. The van der Waals surface area contributed by atoms with E-state index in [1.54, 1.807) is 0 Å². The number of esters is 4. The Morgan fingerprint density at radius 3 is 0.984 bits per heavy atom. The van der Waals surface area contributed by atoms with E-state index < -0.39 is 63.7 Å². The van der Waals surface area contributed by atoms with Gasteiger partial charge in [-0.15, -0.1) is 24.8 Å². The van der Waals surface area contributed by atoms with Crippen LogP contribution in [0.3, 0.4) is 0 Å². The lowest BCUT2D eigenvalue weighted by Gasteiger charge is -2.22. The first-order valence-corrected chi connectivity index (χ1v) is 24.8. The lowest BCUT2D eigenvalue weighted by Crippen LogP contribution is -2.31. The highest BCUT2D eigenvalue weighted by Crippen LogP contribution is 2.43. The minimum Gasteiger partial charge on any atom is -0.462 e. The van der Waals surface area contributed by atoms with Crippen molar-refractivity contribution in [3.8, 4) is 0 Å². The Morgan fingerprint density at radius 2 is 0.689 bits per heavy atom. The molecule has 3 atom stereocenters. The molecule has 0 saturated carbocycles. The normalized spacial score (nSPS) is 12.9. The molecular formula is C44H87Cl2N2O12P. The van der Waals surface area contributed by atoms with Gasteiger partial charge in [0.1, 0.15) is 13.2 Å². The van der Waals surface area contributed by atoms with Crippen molar-refractivity contribution in [1.82, 2.24) is 0 Å². The summed E-state index contributed by atoms with van der Waals surface area (Å²) in [4.78, 5) is 60.5. The second-order valence-electron chi connectivity index (χ2n) is 15.7. The Labute approximate surface area is 381 Å². The van der Waals surface area contributed by atoms with Crippen molar-refractivity contribution in [1.29, 1.82) is 0 Å². The maximum Gasteiger partial charge on any atom is 0.472 e. The van der Waals surface area contributed by atoms with Crippen LogP contribution in [0.25, 0.3) is 0 Å². The lowest BCUT2D eigenvalue weighted by molar-refractivity contribution is -0.162. The molecule has 0 aromatic carbocycles. The van der Waals surface area contributed by atoms with Crippen molar-refractivity contribution in [2.75, 3.05) is 39.5 Å². The minimum absolute atomic E-state index is 0. The highest BCUT2D eigenvalue weighted by molar-refractivity contribution is 7.47. The molecule has 14 nitrogen and oxygen atoms in total. The van der Waals surface area contributed by atoms with Crippen LogP contribution in [-0.4, -0.2) is 80.5 Å². The average molecular weight is 938 g/mol. The van der Waals surface area contributed by atoms with Crippen LogP contribution < -0.4 is 11.5 Å². The van der Waals surface area contributed by atoms with Gasteiger partial charge in [-0.25, -0.2) is 4.57 Å². The quantitative estimate of drug-likeness (QED) is 0.0224. The van der Waals surface area contributed by atoms with Crippen molar-refractivity contribution < 1.29 is 56.6 Å². The summed E-state index contributed by atoms with van der Waals surface area (Å²) in [5, 5.41) is 0. The van der Waals surface area contributed by atoms with Crippen LogP contribution in [0.1, 0.15) is 206 Å². The Kier molecular flexibility index (Phi) is 48.6. The van der Waals surface area contributed by atoms with Crippen molar-refractivity contribution in [2.45, 2.75) is 219 Å². The highest BCUT2D eigenvalue weighted by atomic mass is 35.5. The van der Waals surface area contributed by atoms with Crippen LogP contribution in [0, 0.1) is 0 Å².